The maximum atomic E-state index is 13.3. The van der Waals surface area contributed by atoms with Gasteiger partial charge in [-0.1, -0.05) is 164 Å². The minimum absolute atomic E-state index is 0.0607. The molecule has 4 nitrogen and oxygen atoms in total. The highest BCUT2D eigenvalue weighted by atomic mass is 31.2. The smallest absolute Gasteiger partial charge is 0.165 e. The van der Waals surface area contributed by atoms with Crippen LogP contribution in [-0.2, 0) is 9.98 Å². The van der Waals surface area contributed by atoms with Gasteiger partial charge in [-0.25, -0.2) is 15.0 Å². The average Bonchev–Trinajstić information content (AvgIpc) is 3.30. The summed E-state index contributed by atoms with van der Waals surface area (Å²) in [6.45, 7) is 3.74. The Bertz CT molecular complexity index is 3160. The maximum absolute atomic E-state index is 13.3. The third-order valence-electron chi connectivity index (χ3n) is 14.9. The predicted molar refractivity (Wildman–Crippen MR) is 257 cm³/mol. The van der Waals surface area contributed by atoms with E-state index in [1.54, 1.807) is 0 Å². The molecule has 9 aromatic rings. The first-order valence-electron chi connectivity index (χ1n) is 22.3. The molecule has 4 aliphatic carbocycles. The molecule has 0 unspecified atom stereocenters. The fraction of sp³-hybridized carbons (Fsp3) is 0.211. The predicted octanol–water partition coefficient (Wildman–Crippen LogP) is 14.0. The van der Waals surface area contributed by atoms with E-state index in [4.69, 9.17) is 15.0 Å². The molecule has 62 heavy (non-hydrogen) atoms. The number of aromatic nitrogens is 3. The fourth-order valence-electron chi connectivity index (χ4n) is 12.4. The van der Waals surface area contributed by atoms with Gasteiger partial charge in [0.05, 0.1) is 0 Å². The second kappa shape index (κ2) is 14.4. The SMILES string of the molecule is CP(C)(=O)c1ccc(-c2ccc(C3(c4ccc(-c5nc(-c6ccccc6)nc(-c6c7ccccc7cc7ccccc67)n5)cc4)C4CC5CC(C4)CC3C5)cc2)c2ccccc12. The van der Waals surface area contributed by atoms with Crippen LogP contribution in [0.15, 0.2) is 170 Å². The van der Waals surface area contributed by atoms with Crippen LogP contribution in [0.5, 0.6) is 0 Å². The van der Waals surface area contributed by atoms with Crippen LogP contribution in [0.4, 0.5) is 0 Å². The van der Waals surface area contributed by atoms with E-state index in [0.717, 1.165) is 55.4 Å². The second-order valence-electron chi connectivity index (χ2n) is 18.7. The van der Waals surface area contributed by atoms with E-state index in [0.29, 0.717) is 29.3 Å². The van der Waals surface area contributed by atoms with Crippen molar-refractivity contribution in [3.63, 3.8) is 0 Å². The maximum Gasteiger partial charge on any atom is 0.165 e. The van der Waals surface area contributed by atoms with Crippen molar-refractivity contribution >= 4 is 44.8 Å². The fourth-order valence-corrected chi connectivity index (χ4v) is 13.7. The van der Waals surface area contributed by atoms with E-state index in [-0.39, 0.29) is 5.41 Å². The van der Waals surface area contributed by atoms with Crippen molar-refractivity contribution < 1.29 is 4.57 Å². The number of rotatable bonds is 7. The van der Waals surface area contributed by atoms with Crippen LogP contribution in [0.1, 0.15) is 43.2 Å². The zero-order valence-electron chi connectivity index (χ0n) is 35.2. The molecule has 0 amide bonds. The molecule has 1 aromatic heterocycles. The molecule has 8 aromatic carbocycles. The molecular weight excluding hydrogens is 774 g/mol. The van der Waals surface area contributed by atoms with Crippen LogP contribution in [0.25, 0.3) is 77.6 Å². The monoisotopic (exact) mass is 821 g/mol. The number of benzene rings is 8. The Morgan fingerprint density at radius 1 is 0.452 bits per heavy atom. The molecule has 0 saturated heterocycles. The van der Waals surface area contributed by atoms with Crippen LogP contribution in [0.3, 0.4) is 0 Å². The lowest BCUT2D eigenvalue weighted by molar-refractivity contribution is -0.0418. The first kappa shape index (κ1) is 37.5. The van der Waals surface area contributed by atoms with Crippen molar-refractivity contribution in [1.82, 2.24) is 15.0 Å². The third kappa shape index (κ3) is 6.02. The van der Waals surface area contributed by atoms with Gasteiger partial charge in [-0.05, 0) is 130 Å². The van der Waals surface area contributed by atoms with E-state index in [2.05, 4.69) is 152 Å². The zero-order chi connectivity index (χ0) is 41.6. The standard InChI is InChI=1S/C57H48N3OP/c1-62(2,61)52-29-28-47(50-18-10-11-19-51(50)52)38-20-24-43(25-21-38)57(45-31-36-30-37(33-45)34-46(57)32-36)44-26-22-40(23-27-44)55-58-54(39-12-4-3-5-13-39)59-56(60-55)53-48-16-8-6-14-41(48)35-42-15-7-9-17-49(42)53/h3-29,35-37,45-46H,30-34H2,1-2H3. The molecular formula is C57H48N3OP. The molecule has 0 aliphatic heterocycles. The molecule has 0 spiro atoms. The molecule has 4 bridgehead atoms. The highest BCUT2D eigenvalue weighted by molar-refractivity contribution is 7.70. The molecule has 4 fully saturated rings. The Labute approximate surface area is 363 Å². The summed E-state index contributed by atoms with van der Waals surface area (Å²) in [6.07, 6.45) is 6.60. The molecule has 5 heteroatoms. The van der Waals surface area contributed by atoms with Crippen molar-refractivity contribution in [1.29, 1.82) is 0 Å². The van der Waals surface area contributed by atoms with Gasteiger partial charge in [0.1, 0.15) is 7.14 Å². The third-order valence-corrected chi connectivity index (χ3v) is 16.4. The number of fused-ring (bicyclic) bond motifs is 3. The number of hydrogen-bond donors (Lipinski definition) is 0. The normalized spacial score (nSPS) is 21.8. The number of hydrogen-bond acceptors (Lipinski definition) is 4. The highest BCUT2D eigenvalue weighted by Crippen LogP contribution is 2.65. The van der Waals surface area contributed by atoms with Gasteiger partial charge in [0.15, 0.2) is 17.5 Å². The van der Waals surface area contributed by atoms with Crippen molar-refractivity contribution in [3.8, 4) is 45.3 Å². The van der Waals surface area contributed by atoms with E-state index < -0.39 is 7.14 Å². The van der Waals surface area contributed by atoms with Gasteiger partial charge >= 0.3 is 0 Å². The van der Waals surface area contributed by atoms with E-state index >= 15 is 0 Å². The van der Waals surface area contributed by atoms with Crippen LogP contribution < -0.4 is 5.30 Å². The van der Waals surface area contributed by atoms with E-state index in [1.165, 1.54) is 65.1 Å². The highest BCUT2D eigenvalue weighted by Gasteiger charge is 2.58. The summed E-state index contributed by atoms with van der Waals surface area (Å²) in [4.78, 5) is 15.7. The Morgan fingerprint density at radius 3 is 1.48 bits per heavy atom. The van der Waals surface area contributed by atoms with Gasteiger partial charge in [-0.15, -0.1) is 0 Å². The minimum atomic E-state index is -2.44. The van der Waals surface area contributed by atoms with Gasteiger partial charge in [-0.2, -0.15) is 0 Å². The summed E-state index contributed by atoms with van der Waals surface area (Å²) in [7, 11) is -2.44. The summed E-state index contributed by atoms with van der Waals surface area (Å²) < 4.78 is 13.3. The first-order chi connectivity index (χ1) is 30.3. The van der Waals surface area contributed by atoms with Crippen molar-refractivity contribution in [2.24, 2.45) is 23.7 Å². The van der Waals surface area contributed by atoms with Crippen molar-refractivity contribution in [2.45, 2.75) is 37.5 Å². The molecule has 0 radical (unpaired) electrons. The molecule has 0 atom stereocenters. The Balaban J connectivity index is 0.985. The van der Waals surface area contributed by atoms with Gasteiger partial charge < -0.3 is 4.57 Å². The summed E-state index contributed by atoms with van der Waals surface area (Å²) in [5, 5.41) is 7.79. The van der Waals surface area contributed by atoms with Gasteiger partial charge in [0.25, 0.3) is 0 Å². The number of nitrogens with zero attached hydrogens (tertiary/aromatic N) is 3. The van der Waals surface area contributed by atoms with E-state index in [1.807, 2.05) is 31.5 Å². The largest absolute Gasteiger partial charge is 0.319 e. The van der Waals surface area contributed by atoms with Crippen LogP contribution in [0.2, 0.25) is 0 Å². The Hall–Kier alpha value is -6.22. The Kier molecular flexibility index (Phi) is 8.74. The van der Waals surface area contributed by atoms with Crippen LogP contribution in [0, 0.1) is 23.7 Å². The summed E-state index contributed by atoms with van der Waals surface area (Å²) >= 11 is 0. The van der Waals surface area contributed by atoms with Crippen LogP contribution >= 0.6 is 7.14 Å². The minimum Gasteiger partial charge on any atom is -0.319 e. The summed E-state index contributed by atoms with van der Waals surface area (Å²) in [5.41, 5.74) is 8.18. The molecule has 1 heterocycles. The summed E-state index contributed by atoms with van der Waals surface area (Å²) in [5.74, 6) is 4.93. The van der Waals surface area contributed by atoms with Gasteiger partial charge in [0.2, 0.25) is 0 Å². The molecule has 4 saturated carbocycles. The molecule has 0 N–H and O–H groups in total. The summed E-state index contributed by atoms with van der Waals surface area (Å²) in [6, 6.07) is 61.4. The van der Waals surface area contributed by atoms with Gasteiger partial charge in [0, 0.05) is 27.4 Å². The molecule has 13 rings (SSSR count). The van der Waals surface area contributed by atoms with Gasteiger partial charge in [-0.3, -0.25) is 0 Å². The van der Waals surface area contributed by atoms with Crippen molar-refractivity contribution in [2.75, 3.05) is 13.3 Å². The molecule has 4 aliphatic rings. The average molecular weight is 822 g/mol. The topological polar surface area (TPSA) is 55.7 Å². The lowest BCUT2D eigenvalue weighted by atomic mass is 9.42. The zero-order valence-corrected chi connectivity index (χ0v) is 36.1. The molecule has 302 valence electrons. The van der Waals surface area contributed by atoms with Crippen molar-refractivity contribution in [3.05, 3.63) is 181 Å². The van der Waals surface area contributed by atoms with Crippen LogP contribution in [-0.4, -0.2) is 28.3 Å². The van der Waals surface area contributed by atoms with E-state index in [9.17, 15) is 4.57 Å². The first-order valence-corrected chi connectivity index (χ1v) is 24.9. The lowest BCUT2D eigenvalue weighted by Gasteiger charge is -2.62. The second-order valence-corrected chi connectivity index (χ2v) is 21.9. The Morgan fingerprint density at radius 2 is 0.919 bits per heavy atom. The quantitative estimate of drug-likeness (QED) is 0.119. The lowest BCUT2D eigenvalue weighted by Crippen LogP contribution is -2.56.